The smallest absolute Gasteiger partial charge is 0.319 e. The van der Waals surface area contributed by atoms with Gasteiger partial charge in [0, 0.05) is 16.4 Å². The van der Waals surface area contributed by atoms with Crippen LogP contribution < -0.4 is 20.7 Å². The number of allylic oxidation sites excluding steroid dienone is 1. The quantitative estimate of drug-likeness (QED) is 0.746. The van der Waals surface area contributed by atoms with Crippen LogP contribution in [-0.2, 0) is 4.79 Å². The van der Waals surface area contributed by atoms with Crippen LogP contribution in [0.2, 0.25) is 5.02 Å². The molecule has 2 aromatic carbocycles. The summed E-state index contributed by atoms with van der Waals surface area (Å²) in [5.74, 6) is 0.381. The molecule has 140 valence electrons. The lowest BCUT2D eigenvalue weighted by Crippen LogP contribution is -2.46. The van der Waals surface area contributed by atoms with Gasteiger partial charge in [-0.1, -0.05) is 29.8 Å². The average molecular weight is 386 g/mol. The van der Waals surface area contributed by atoms with Crippen LogP contribution in [0.25, 0.3) is 0 Å². The van der Waals surface area contributed by atoms with Crippen molar-refractivity contribution in [3.8, 4) is 5.75 Å². The summed E-state index contributed by atoms with van der Waals surface area (Å²) in [5, 5.41) is 8.89. The Morgan fingerprint density at radius 3 is 2.52 bits per heavy atom. The molecule has 0 spiro atoms. The monoisotopic (exact) mass is 385 g/mol. The molecule has 1 aliphatic rings. The summed E-state index contributed by atoms with van der Waals surface area (Å²) in [6.45, 7) is 3.59. The molecule has 2 aromatic rings. The van der Waals surface area contributed by atoms with Crippen molar-refractivity contribution in [2.75, 3.05) is 12.4 Å². The molecule has 3 N–H and O–H groups in total. The van der Waals surface area contributed by atoms with Crippen LogP contribution in [0.1, 0.15) is 24.1 Å². The zero-order chi connectivity index (χ0) is 19.6. The number of urea groups is 1. The maximum absolute atomic E-state index is 13.0. The molecule has 7 heteroatoms. The fourth-order valence-electron chi connectivity index (χ4n) is 2.96. The molecule has 1 heterocycles. The van der Waals surface area contributed by atoms with E-state index in [1.165, 1.54) is 0 Å². The lowest BCUT2D eigenvalue weighted by molar-refractivity contribution is -0.113. The summed E-state index contributed by atoms with van der Waals surface area (Å²) in [6.07, 6.45) is 0. The van der Waals surface area contributed by atoms with Crippen molar-refractivity contribution in [3.05, 3.63) is 69.9 Å². The Balaban J connectivity index is 1.95. The lowest BCUT2D eigenvalue weighted by atomic mass is 9.94. The van der Waals surface area contributed by atoms with Gasteiger partial charge in [0.05, 0.1) is 18.7 Å². The van der Waals surface area contributed by atoms with Crippen molar-refractivity contribution in [1.82, 2.24) is 10.6 Å². The third-order valence-corrected chi connectivity index (χ3v) is 4.65. The number of carbonyl (C=O) groups excluding carboxylic acids is 2. The fraction of sp³-hybridized carbons (Fsp3) is 0.200. The lowest BCUT2D eigenvalue weighted by Gasteiger charge is -2.29. The Hall–Kier alpha value is -2.99. The van der Waals surface area contributed by atoms with Crippen molar-refractivity contribution in [2.24, 2.45) is 0 Å². The van der Waals surface area contributed by atoms with Crippen LogP contribution in [0.15, 0.2) is 53.7 Å². The molecule has 1 atom stereocenters. The average Bonchev–Trinajstić information content (AvgIpc) is 2.64. The Morgan fingerprint density at radius 1 is 1.15 bits per heavy atom. The van der Waals surface area contributed by atoms with E-state index in [9.17, 15) is 9.59 Å². The van der Waals surface area contributed by atoms with Gasteiger partial charge in [-0.15, -0.1) is 0 Å². The Bertz CT molecular complexity index is 923. The summed E-state index contributed by atoms with van der Waals surface area (Å²) >= 11 is 6.04. The molecule has 27 heavy (non-hydrogen) atoms. The molecule has 3 amide bonds. The number of rotatable bonds is 4. The van der Waals surface area contributed by atoms with Gasteiger partial charge < -0.3 is 20.7 Å². The minimum Gasteiger partial charge on any atom is -0.497 e. The van der Waals surface area contributed by atoms with Crippen molar-refractivity contribution in [1.29, 1.82) is 0 Å². The van der Waals surface area contributed by atoms with E-state index in [1.54, 1.807) is 38.3 Å². The van der Waals surface area contributed by atoms with E-state index in [0.717, 1.165) is 11.1 Å². The summed E-state index contributed by atoms with van der Waals surface area (Å²) < 4.78 is 5.17. The predicted octanol–water partition coefficient (Wildman–Crippen LogP) is 3.92. The third-order valence-electron chi connectivity index (χ3n) is 4.41. The highest BCUT2D eigenvalue weighted by atomic mass is 35.5. The van der Waals surface area contributed by atoms with E-state index >= 15 is 0 Å². The number of amides is 3. The first kappa shape index (κ1) is 18.8. The maximum atomic E-state index is 13.0. The molecule has 6 nitrogen and oxygen atoms in total. The van der Waals surface area contributed by atoms with Crippen LogP contribution in [0.5, 0.6) is 5.75 Å². The van der Waals surface area contributed by atoms with Gasteiger partial charge in [0.1, 0.15) is 5.75 Å². The van der Waals surface area contributed by atoms with Crippen molar-refractivity contribution in [3.63, 3.8) is 0 Å². The normalized spacial score (nSPS) is 16.4. The SMILES string of the molecule is COc1ccc([C@H]2NC(=O)NC(C)=C2C(=O)Nc2cc(Cl)ccc2C)cc1. The highest BCUT2D eigenvalue weighted by Gasteiger charge is 2.31. The molecular weight excluding hydrogens is 366 g/mol. The van der Waals surface area contributed by atoms with Gasteiger partial charge in [0.25, 0.3) is 5.91 Å². The number of halogens is 1. The van der Waals surface area contributed by atoms with Gasteiger partial charge in [0.2, 0.25) is 0 Å². The van der Waals surface area contributed by atoms with Gasteiger partial charge in [0.15, 0.2) is 0 Å². The first-order valence-electron chi connectivity index (χ1n) is 8.39. The molecule has 0 radical (unpaired) electrons. The zero-order valence-electron chi connectivity index (χ0n) is 15.2. The largest absolute Gasteiger partial charge is 0.497 e. The standard InChI is InChI=1S/C20H20ClN3O3/c1-11-4-7-14(21)10-16(11)23-19(25)17-12(2)22-20(26)24-18(17)13-5-8-15(27-3)9-6-13/h4-10,18H,1-3H3,(H,23,25)(H2,22,24,26)/t18-/m1/s1. The molecule has 0 unspecified atom stereocenters. The van der Waals surface area contributed by atoms with E-state index in [4.69, 9.17) is 16.3 Å². The van der Waals surface area contributed by atoms with Crippen LogP contribution in [0, 0.1) is 6.92 Å². The highest BCUT2D eigenvalue weighted by molar-refractivity contribution is 6.31. The second kappa shape index (κ2) is 7.72. The van der Waals surface area contributed by atoms with Crippen LogP contribution in [-0.4, -0.2) is 19.0 Å². The molecule has 1 aliphatic heterocycles. The number of nitrogens with one attached hydrogen (secondary N) is 3. The topological polar surface area (TPSA) is 79.5 Å². The molecule has 0 aromatic heterocycles. The van der Waals surface area contributed by atoms with E-state index in [2.05, 4.69) is 16.0 Å². The number of anilines is 1. The molecule has 3 rings (SSSR count). The second-order valence-electron chi connectivity index (χ2n) is 6.26. The number of aryl methyl sites for hydroxylation is 1. The molecule has 0 saturated heterocycles. The Kier molecular flexibility index (Phi) is 5.37. The molecule has 0 aliphatic carbocycles. The van der Waals surface area contributed by atoms with Gasteiger partial charge in [-0.3, -0.25) is 4.79 Å². The number of ether oxygens (including phenoxy) is 1. The Labute approximate surface area is 162 Å². The van der Waals surface area contributed by atoms with E-state index in [-0.39, 0.29) is 11.9 Å². The molecule has 0 fully saturated rings. The van der Waals surface area contributed by atoms with Crippen molar-refractivity contribution < 1.29 is 14.3 Å². The van der Waals surface area contributed by atoms with E-state index in [1.807, 2.05) is 25.1 Å². The number of methoxy groups -OCH3 is 1. The predicted molar refractivity (Wildman–Crippen MR) is 105 cm³/mol. The summed E-state index contributed by atoms with van der Waals surface area (Å²) in [5.41, 5.74) is 3.21. The van der Waals surface area contributed by atoms with Gasteiger partial charge in [-0.05, 0) is 49.2 Å². The van der Waals surface area contributed by atoms with Crippen LogP contribution in [0.4, 0.5) is 10.5 Å². The number of carbonyl (C=O) groups is 2. The van der Waals surface area contributed by atoms with Crippen molar-refractivity contribution >= 4 is 29.2 Å². The molecule has 0 saturated carbocycles. The molecular formula is C20H20ClN3O3. The summed E-state index contributed by atoms with van der Waals surface area (Å²) in [6, 6.07) is 11.6. The first-order valence-corrected chi connectivity index (χ1v) is 8.76. The highest BCUT2D eigenvalue weighted by Crippen LogP contribution is 2.30. The van der Waals surface area contributed by atoms with Gasteiger partial charge in [-0.2, -0.15) is 0 Å². The van der Waals surface area contributed by atoms with E-state index < -0.39 is 6.04 Å². The second-order valence-corrected chi connectivity index (χ2v) is 6.69. The van der Waals surface area contributed by atoms with Crippen molar-refractivity contribution in [2.45, 2.75) is 19.9 Å². The fourth-order valence-corrected chi connectivity index (χ4v) is 3.13. The number of hydrogen-bond acceptors (Lipinski definition) is 3. The summed E-state index contributed by atoms with van der Waals surface area (Å²) in [7, 11) is 1.58. The van der Waals surface area contributed by atoms with E-state index in [0.29, 0.717) is 27.7 Å². The summed E-state index contributed by atoms with van der Waals surface area (Å²) in [4.78, 5) is 25.0. The number of benzene rings is 2. The number of hydrogen-bond donors (Lipinski definition) is 3. The van der Waals surface area contributed by atoms with Gasteiger partial charge in [-0.25, -0.2) is 4.79 Å². The minimum absolute atomic E-state index is 0.314. The Morgan fingerprint density at radius 2 is 1.85 bits per heavy atom. The van der Waals surface area contributed by atoms with Crippen LogP contribution >= 0.6 is 11.6 Å². The first-order chi connectivity index (χ1) is 12.9. The van der Waals surface area contributed by atoms with Crippen LogP contribution in [0.3, 0.4) is 0 Å². The minimum atomic E-state index is -0.579. The maximum Gasteiger partial charge on any atom is 0.319 e. The molecule has 0 bridgehead atoms. The third kappa shape index (κ3) is 4.06. The van der Waals surface area contributed by atoms with Gasteiger partial charge >= 0.3 is 6.03 Å². The zero-order valence-corrected chi connectivity index (χ0v) is 16.0.